The van der Waals surface area contributed by atoms with Crippen molar-refractivity contribution < 1.29 is 47.4 Å². The van der Waals surface area contributed by atoms with E-state index in [1.165, 1.54) is 76.9 Å². The van der Waals surface area contributed by atoms with Crippen molar-refractivity contribution in [1.29, 1.82) is 0 Å². The summed E-state index contributed by atoms with van der Waals surface area (Å²) in [5.41, 5.74) is 17.5. The highest BCUT2D eigenvalue weighted by Gasteiger charge is 2.17. The smallest absolute Gasteiger partial charge is 0.164 e. The van der Waals surface area contributed by atoms with Gasteiger partial charge in [0, 0.05) is 80.1 Å². The van der Waals surface area contributed by atoms with Gasteiger partial charge in [0.2, 0.25) is 0 Å². The van der Waals surface area contributed by atoms with Crippen LogP contribution in [0.5, 0.6) is 34.5 Å². The fraction of sp³-hybridized carbons (Fsp3) is 0.543. The lowest BCUT2D eigenvalue weighted by atomic mass is 9.82. The van der Waals surface area contributed by atoms with Crippen LogP contribution >= 0.6 is 0 Å². The molecular formula is C92H162N2O10. The van der Waals surface area contributed by atoms with Crippen LogP contribution < -0.4 is 38.2 Å². The standard InChI is InChI=1S/2C14H22.C10H16N2.C10H14O4.C10H14.C8H10O2.C8H10.C5H12O2.C4H10O2.C3H8.6CH4/c1-13(2,3)11-7-9-12(10-8-11)14(4,5)6;1-5-11-9-13(7-3)14(8-4)10-12(11)6-2;1-11(2)9-5-7-10(8-6-9)12(3)4;1-11-7-5-9(13-3)10(14-4)6-8(7)12-2;1-3-9-5-7-10(4-2)8-6-9;1-9-7-3-5-8(10-2)6-4-7;1-7-3-5-8(2)6-4-7;1-5(7-3)4-6-2;1-5-3-4-6-2;1-3-2;;;;;;/h7-10H,1-6H3;9-10H,5-8H2,1-4H3;5-8H,1-4H3;5-6H,1-4H3;5-8H,3-4H2,1-2H3;3-6H,1-2H3;3-6H,1-2H3;5H,4H2,1-3H3;3-4H2,1-2H3;3H2,1-2H3;6*1H4. The van der Waals surface area contributed by atoms with Crippen LogP contribution in [0.4, 0.5) is 11.4 Å². The van der Waals surface area contributed by atoms with Gasteiger partial charge in [-0.15, -0.1) is 0 Å². The van der Waals surface area contributed by atoms with Crippen molar-refractivity contribution >= 4 is 11.4 Å². The second-order valence-corrected chi connectivity index (χ2v) is 25.5. The van der Waals surface area contributed by atoms with E-state index in [1.807, 2.05) is 59.4 Å². The van der Waals surface area contributed by atoms with Crippen molar-refractivity contribution in [3.8, 4) is 34.5 Å². The van der Waals surface area contributed by atoms with Crippen LogP contribution in [-0.4, -0.2) is 125 Å². The highest BCUT2D eigenvalue weighted by Crippen LogP contribution is 2.39. The maximum Gasteiger partial charge on any atom is 0.164 e. The third-order valence-electron chi connectivity index (χ3n) is 15.1. The van der Waals surface area contributed by atoms with Gasteiger partial charge < -0.3 is 57.2 Å². The van der Waals surface area contributed by atoms with E-state index in [4.69, 9.17) is 37.9 Å². The number of rotatable bonds is 20. The van der Waals surface area contributed by atoms with Gasteiger partial charge in [-0.25, -0.2) is 0 Å². The quantitative estimate of drug-likeness (QED) is 0.0680. The summed E-state index contributed by atoms with van der Waals surface area (Å²) in [4.78, 5) is 4.19. The Labute approximate surface area is 644 Å². The van der Waals surface area contributed by atoms with E-state index in [0.717, 1.165) is 24.3 Å². The SMILES string of the molecule is C.C.C.C.C.C.CC(C)(C)c1ccc(C(C)(C)C)cc1.CCC.CCc1cc(CC)c(CC)cc1CC.CCc1ccc(CC)cc1.CN(C)c1ccc(N(C)C)cc1.COCC(C)OC.COCCOC.COc1cc(OC)c(OC)cc1OC.COc1ccc(OC)cc1.Cc1ccc(C)cc1. The molecule has 0 spiro atoms. The molecule has 0 fully saturated rings. The highest BCUT2D eigenvalue weighted by molar-refractivity contribution is 5.55. The molecule has 0 aliphatic heterocycles. The molecule has 7 aromatic carbocycles. The summed E-state index contributed by atoms with van der Waals surface area (Å²) in [6.45, 7) is 39.3. The molecule has 0 aliphatic carbocycles. The zero-order valence-corrected chi connectivity index (χ0v) is 67.5. The Morgan fingerprint density at radius 2 is 0.577 bits per heavy atom. The lowest BCUT2D eigenvalue weighted by Crippen LogP contribution is -2.14. The molecule has 0 aliphatic rings. The van der Waals surface area contributed by atoms with Crippen molar-refractivity contribution in [3.05, 3.63) is 201 Å². The minimum Gasteiger partial charge on any atom is -0.497 e. The molecule has 600 valence electrons. The molecule has 104 heavy (non-hydrogen) atoms. The molecule has 0 bridgehead atoms. The van der Waals surface area contributed by atoms with E-state index in [0.29, 0.717) is 42.8 Å². The van der Waals surface area contributed by atoms with Gasteiger partial charge in [-0.2, -0.15) is 0 Å². The van der Waals surface area contributed by atoms with Crippen molar-refractivity contribution in [3.63, 3.8) is 0 Å². The minimum absolute atomic E-state index is 0. The van der Waals surface area contributed by atoms with Gasteiger partial charge in [0.1, 0.15) is 11.5 Å². The van der Waals surface area contributed by atoms with Gasteiger partial charge in [-0.3, -0.25) is 0 Å². The van der Waals surface area contributed by atoms with Crippen molar-refractivity contribution in [2.45, 2.75) is 224 Å². The molecule has 12 heteroatoms. The van der Waals surface area contributed by atoms with E-state index in [1.54, 1.807) is 105 Å². The minimum atomic E-state index is 0. The van der Waals surface area contributed by atoms with Crippen LogP contribution in [0.15, 0.2) is 146 Å². The third kappa shape index (κ3) is 51.9. The second kappa shape index (κ2) is 68.9. The number of hydrogen-bond donors (Lipinski definition) is 0. The van der Waals surface area contributed by atoms with Crippen molar-refractivity contribution in [2.75, 3.05) is 129 Å². The molecule has 12 nitrogen and oxygen atoms in total. The average molecular weight is 1460 g/mol. The lowest BCUT2D eigenvalue weighted by molar-refractivity contribution is 0.0401. The van der Waals surface area contributed by atoms with Gasteiger partial charge in [0.15, 0.2) is 23.0 Å². The molecule has 0 aromatic heterocycles. The Morgan fingerprint density at radius 3 is 0.731 bits per heavy atom. The summed E-state index contributed by atoms with van der Waals surface area (Å²) in [5.74, 6) is 4.16. The molecule has 0 saturated heterocycles. The average Bonchev–Trinajstić information content (AvgIpc) is 0.843. The summed E-state index contributed by atoms with van der Waals surface area (Å²) >= 11 is 0. The highest BCUT2D eigenvalue weighted by atomic mass is 16.5. The maximum atomic E-state index is 5.12. The van der Waals surface area contributed by atoms with Crippen molar-refractivity contribution in [2.24, 2.45) is 0 Å². The Kier molecular flexibility index (Phi) is 76.3. The maximum absolute atomic E-state index is 5.12. The topological polar surface area (TPSA) is 98.8 Å². The van der Waals surface area contributed by atoms with Gasteiger partial charge in [0.25, 0.3) is 0 Å². The van der Waals surface area contributed by atoms with Crippen LogP contribution in [0, 0.1) is 13.8 Å². The number of methoxy groups -OCH3 is 10. The Morgan fingerprint density at radius 1 is 0.327 bits per heavy atom. The zero-order chi connectivity index (χ0) is 75.2. The zero-order valence-electron chi connectivity index (χ0n) is 67.5. The lowest BCUT2D eigenvalue weighted by Gasteiger charge is -2.23. The predicted molar refractivity (Wildman–Crippen MR) is 465 cm³/mol. The molecule has 7 aromatic rings. The number of ether oxygens (including phenoxy) is 10. The van der Waals surface area contributed by atoms with Gasteiger partial charge in [-0.1, -0.05) is 244 Å². The van der Waals surface area contributed by atoms with Crippen LogP contribution in [0.1, 0.15) is 210 Å². The normalized spacial score (nSPS) is 9.72. The predicted octanol–water partition coefficient (Wildman–Crippen LogP) is 24.8. The summed E-state index contributed by atoms with van der Waals surface area (Å²) in [6.07, 6.45) is 8.43. The summed E-state index contributed by atoms with van der Waals surface area (Å²) < 4.78 is 49.3. The largest absolute Gasteiger partial charge is 0.497 e. The fourth-order valence-electron chi connectivity index (χ4n) is 8.62. The van der Waals surface area contributed by atoms with E-state index in [2.05, 4.69) is 239 Å². The number of aryl methyl sites for hydroxylation is 8. The second-order valence-electron chi connectivity index (χ2n) is 25.5. The molecular weight excluding hydrogens is 1290 g/mol. The first-order valence-electron chi connectivity index (χ1n) is 34.8. The number of anilines is 2. The Bertz CT molecular complexity index is 2630. The van der Waals surface area contributed by atoms with Gasteiger partial charge in [0.05, 0.1) is 68.6 Å². The number of nitrogens with zero attached hydrogens (tertiary/aromatic N) is 2. The fourth-order valence-corrected chi connectivity index (χ4v) is 8.62. The van der Waals surface area contributed by atoms with Crippen LogP contribution in [0.2, 0.25) is 0 Å². The molecule has 0 heterocycles. The van der Waals surface area contributed by atoms with Gasteiger partial charge in [-0.05, 0) is 163 Å². The van der Waals surface area contributed by atoms with E-state index in [-0.39, 0.29) is 61.5 Å². The Hall–Kier alpha value is -7.22. The molecule has 0 amide bonds. The monoisotopic (exact) mass is 1460 g/mol. The van der Waals surface area contributed by atoms with Crippen LogP contribution in [-0.2, 0) is 68.3 Å². The molecule has 0 radical (unpaired) electrons. The summed E-state index contributed by atoms with van der Waals surface area (Å²) in [7, 11) is 24.4. The van der Waals surface area contributed by atoms with E-state index >= 15 is 0 Å². The molecule has 1 atom stereocenters. The molecule has 0 saturated carbocycles. The molecule has 0 N–H and O–H groups in total. The van der Waals surface area contributed by atoms with Crippen LogP contribution in [0.3, 0.4) is 0 Å². The Balaban J connectivity index is -0.000000139. The first-order chi connectivity index (χ1) is 46.5. The summed E-state index contributed by atoms with van der Waals surface area (Å²) in [5, 5.41) is 0. The summed E-state index contributed by atoms with van der Waals surface area (Å²) in [6, 6.07) is 50.5. The molecule has 7 rings (SSSR count). The first kappa shape index (κ1) is 115. The van der Waals surface area contributed by atoms with Gasteiger partial charge >= 0.3 is 0 Å². The van der Waals surface area contributed by atoms with Crippen LogP contribution in [0.25, 0.3) is 0 Å². The van der Waals surface area contributed by atoms with E-state index < -0.39 is 0 Å². The third-order valence-corrected chi connectivity index (χ3v) is 15.1. The number of benzene rings is 7. The van der Waals surface area contributed by atoms with E-state index in [9.17, 15) is 0 Å². The number of hydrogen-bond acceptors (Lipinski definition) is 12. The van der Waals surface area contributed by atoms with Crippen molar-refractivity contribution in [1.82, 2.24) is 0 Å². The molecule has 1 unspecified atom stereocenters. The first-order valence-corrected chi connectivity index (χ1v) is 34.8.